The Labute approximate surface area is 147 Å². The van der Waals surface area contributed by atoms with Crippen molar-refractivity contribution in [3.63, 3.8) is 0 Å². The van der Waals surface area contributed by atoms with E-state index in [0.29, 0.717) is 30.1 Å². The van der Waals surface area contributed by atoms with Crippen LogP contribution in [0.1, 0.15) is 66.2 Å². The highest BCUT2D eigenvalue weighted by molar-refractivity contribution is 5.37. The summed E-state index contributed by atoms with van der Waals surface area (Å²) in [6.45, 7) is 9.11. The minimum Gasteiger partial charge on any atom is -0.198 e. The first-order valence-electron chi connectivity index (χ1n) is 9.55. The van der Waals surface area contributed by atoms with Gasteiger partial charge in [0.05, 0.1) is 17.6 Å². The van der Waals surface area contributed by atoms with Crippen LogP contribution in [-0.4, -0.2) is 0 Å². The van der Waals surface area contributed by atoms with E-state index in [4.69, 9.17) is 0 Å². The molecule has 0 aromatic heterocycles. The molecule has 3 aliphatic rings. The number of nitrogens with zero attached hydrogens (tertiary/aromatic N) is 2. The summed E-state index contributed by atoms with van der Waals surface area (Å²) in [5.74, 6) is 1.87. The first kappa shape index (κ1) is 17.3. The molecule has 0 radical (unpaired) electrons. The van der Waals surface area contributed by atoms with E-state index < -0.39 is 0 Å². The summed E-state index contributed by atoms with van der Waals surface area (Å²) >= 11 is 0. The molecule has 0 unspecified atom stereocenters. The third-order valence-corrected chi connectivity index (χ3v) is 7.35. The molecule has 0 bridgehead atoms. The van der Waals surface area contributed by atoms with Gasteiger partial charge in [0.1, 0.15) is 0 Å². The van der Waals surface area contributed by atoms with Crippen LogP contribution in [0, 0.1) is 57.2 Å². The maximum absolute atomic E-state index is 9.83. The van der Waals surface area contributed by atoms with E-state index in [9.17, 15) is 10.5 Å². The molecule has 0 aliphatic heterocycles. The molecular formula is C22H30N2. The van der Waals surface area contributed by atoms with E-state index in [1.807, 2.05) is 0 Å². The van der Waals surface area contributed by atoms with Crippen LogP contribution in [0.5, 0.6) is 0 Å². The Bertz CT molecular complexity index is 656. The van der Waals surface area contributed by atoms with Crippen molar-refractivity contribution in [1.29, 1.82) is 10.5 Å². The molecule has 128 valence electrons. The molecular weight excluding hydrogens is 292 g/mol. The van der Waals surface area contributed by atoms with Crippen LogP contribution < -0.4 is 0 Å². The first-order valence-corrected chi connectivity index (χ1v) is 9.55. The third kappa shape index (κ3) is 2.52. The molecule has 1 saturated carbocycles. The van der Waals surface area contributed by atoms with Crippen LogP contribution in [0.25, 0.3) is 0 Å². The number of hydrogen-bond acceptors (Lipinski definition) is 2. The third-order valence-electron chi connectivity index (χ3n) is 7.35. The van der Waals surface area contributed by atoms with Crippen molar-refractivity contribution < 1.29 is 0 Å². The standard InChI is InChI=1S/C22H30N2/c1-15(2)18-12-17-6-7-20-21(3,14-24)9-5-10-22(20,4)19(17)13-16(18)8-11-23/h6,12,15-16,19-20H,5,7-10,13H2,1-4H3/t16-,19+,20-,21-,22+/m0/s1. The maximum atomic E-state index is 9.83. The molecule has 0 saturated heterocycles. The lowest BCUT2D eigenvalue weighted by molar-refractivity contribution is -0.0245. The zero-order chi connectivity index (χ0) is 17.5. The minimum atomic E-state index is -0.193. The zero-order valence-corrected chi connectivity index (χ0v) is 15.6. The summed E-state index contributed by atoms with van der Waals surface area (Å²) < 4.78 is 0. The zero-order valence-electron chi connectivity index (χ0n) is 15.6. The van der Waals surface area contributed by atoms with E-state index in [1.54, 1.807) is 0 Å². The monoisotopic (exact) mass is 322 g/mol. The van der Waals surface area contributed by atoms with Crippen molar-refractivity contribution in [2.24, 2.45) is 34.5 Å². The summed E-state index contributed by atoms with van der Waals surface area (Å²) in [5.41, 5.74) is 2.97. The van der Waals surface area contributed by atoms with Gasteiger partial charge < -0.3 is 0 Å². The second-order valence-electron chi connectivity index (χ2n) is 9.03. The SMILES string of the molecule is CC(C)C1=CC2=CC[C@@H]3[C@](C)(CCC[C@@]3(C)C#N)[C@@H]2C[C@@H]1CC#N. The molecule has 2 heteroatoms. The highest BCUT2D eigenvalue weighted by Crippen LogP contribution is 2.62. The first-order chi connectivity index (χ1) is 11.4. The molecule has 0 N–H and O–H groups in total. The van der Waals surface area contributed by atoms with Gasteiger partial charge in [-0.1, -0.05) is 44.9 Å². The summed E-state index contributed by atoms with van der Waals surface area (Å²) in [5, 5.41) is 19.1. The van der Waals surface area contributed by atoms with E-state index in [1.165, 1.54) is 17.6 Å². The average molecular weight is 322 g/mol. The van der Waals surface area contributed by atoms with Crippen LogP contribution in [0.4, 0.5) is 0 Å². The molecule has 3 aliphatic carbocycles. The van der Waals surface area contributed by atoms with Crippen molar-refractivity contribution in [3.8, 4) is 12.1 Å². The minimum absolute atomic E-state index is 0.193. The van der Waals surface area contributed by atoms with Crippen molar-refractivity contribution in [2.75, 3.05) is 0 Å². The van der Waals surface area contributed by atoms with Gasteiger partial charge in [0.25, 0.3) is 0 Å². The Morgan fingerprint density at radius 2 is 2.00 bits per heavy atom. The van der Waals surface area contributed by atoms with Gasteiger partial charge in [0.15, 0.2) is 0 Å². The maximum Gasteiger partial charge on any atom is 0.0690 e. The van der Waals surface area contributed by atoms with E-state index in [2.05, 4.69) is 52.0 Å². The Balaban J connectivity index is 2.03. The molecule has 5 atom stereocenters. The number of nitriles is 2. The molecule has 0 aromatic carbocycles. The molecule has 0 spiro atoms. The fourth-order valence-corrected chi connectivity index (χ4v) is 6.02. The molecule has 3 rings (SSSR count). The lowest BCUT2D eigenvalue weighted by Gasteiger charge is -2.57. The van der Waals surface area contributed by atoms with Gasteiger partial charge in [-0.15, -0.1) is 0 Å². The van der Waals surface area contributed by atoms with Crippen molar-refractivity contribution in [2.45, 2.75) is 66.2 Å². The molecule has 0 aromatic rings. The van der Waals surface area contributed by atoms with Gasteiger partial charge in [0.2, 0.25) is 0 Å². The van der Waals surface area contributed by atoms with Gasteiger partial charge in [0, 0.05) is 6.42 Å². The van der Waals surface area contributed by atoms with Gasteiger partial charge in [-0.05, 0) is 67.3 Å². The summed E-state index contributed by atoms with van der Waals surface area (Å²) in [7, 11) is 0. The van der Waals surface area contributed by atoms with Crippen LogP contribution in [0.15, 0.2) is 23.3 Å². The van der Waals surface area contributed by atoms with Gasteiger partial charge >= 0.3 is 0 Å². The van der Waals surface area contributed by atoms with E-state index in [0.717, 1.165) is 25.7 Å². The smallest absolute Gasteiger partial charge is 0.0690 e. The quantitative estimate of drug-likeness (QED) is 0.646. The highest BCUT2D eigenvalue weighted by atomic mass is 14.6. The number of allylic oxidation sites excluding steroid dienone is 4. The van der Waals surface area contributed by atoms with Gasteiger partial charge in [-0.2, -0.15) is 10.5 Å². The normalized spacial score (nSPS) is 41.4. The fraction of sp³-hybridized carbons (Fsp3) is 0.727. The summed E-state index contributed by atoms with van der Waals surface area (Å²) in [6.07, 6.45) is 11.0. The molecule has 24 heavy (non-hydrogen) atoms. The Morgan fingerprint density at radius 3 is 2.62 bits per heavy atom. The highest BCUT2D eigenvalue weighted by Gasteiger charge is 2.55. The van der Waals surface area contributed by atoms with Crippen LogP contribution in [0.2, 0.25) is 0 Å². The topological polar surface area (TPSA) is 47.6 Å². The molecule has 0 heterocycles. The number of hydrogen-bond donors (Lipinski definition) is 0. The number of rotatable bonds is 2. The predicted molar refractivity (Wildman–Crippen MR) is 96.6 cm³/mol. The van der Waals surface area contributed by atoms with Gasteiger partial charge in [-0.3, -0.25) is 0 Å². The largest absolute Gasteiger partial charge is 0.198 e. The van der Waals surface area contributed by atoms with E-state index >= 15 is 0 Å². The fourth-order valence-electron chi connectivity index (χ4n) is 6.02. The van der Waals surface area contributed by atoms with Crippen molar-refractivity contribution >= 4 is 0 Å². The second kappa shape index (κ2) is 6.07. The Hall–Kier alpha value is -1.54. The second-order valence-corrected chi connectivity index (χ2v) is 9.03. The van der Waals surface area contributed by atoms with Crippen LogP contribution >= 0.6 is 0 Å². The summed E-state index contributed by atoms with van der Waals surface area (Å²) in [6, 6.07) is 5.08. The van der Waals surface area contributed by atoms with E-state index in [-0.39, 0.29) is 10.8 Å². The molecule has 0 amide bonds. The van der Waals surface area contributed by atoms with Crippen LogP contribution in [-0.2, 0) is 0 Å². The number of fused-ring (bicyclic) bond motifs is 3. The Kier molecular flexibility index (Phi) is 4.37. The lowest BCUT2D eigenvalue weighted by Crippen LogP contribution is -2.50. The predicted octanol–water partition coefficient (Wildman–Crippen LogP) is 5.78. The molecule has 2 nitrogen and oxygen atoms in total. The lowest BCUT2D eigenvalue weighted by atomic mass is 9.46. The van der Waals surface area contributed by atoms with Crippen LogP contribution in [0.3, 0.4) is 0 Å². The Morgan fingerprint density at radius 1 is 1.25 bits per heavy atom. The van der Waals surface area contributed by atoms with Gasteiger partial charge in [-0.25, -0.2) is 0 Å². The average Bonchev–Trinajstić information content (AvgIpc) is 2.54. The van der Waals surface area contributed by atoms with Crippen molar-refractivity contribution in [3.05, 3.63) is 23.3 Å². The van der Waals surface area contributed by atoms with Crippen molar-refractivity contribution in [1.82, 2.24) is 0 Å². The molecule has 1 fully saturated rings. The summed E-state index contributed by atoms with van der Waals surface area (Å²) in [4.78, 5) is 0.